The first-order chi connectivity index (χ1) is 13.7. The molecule has 5 rings (SSSR count). The van der Waals surface area contributed by atoms with Gasteiger partial charge in [-0.3, -0.25) is 4.79 Å². The predicted molar refractivity (Wildman–Crippen MR) is 110 cm³/mol. The molecule has 3 nitrogen and oxygen atoms in total. The lowest BCUT2D eigenvalue weighted by Crippen LogP contribution is -2.59. The highest BCUT2D eigenvalue weighted by Gasteiger charge is 2.51. The van der Waals surface area contributed by atoms with Crippen molar-refractivity contribution in [2.24, 2.45) is 5.92 Å². The maximum absolute atomic E-state index is 13.6. The molecule has 4 unspecified atom stereocenters. The fraction of sp³-hybridized carbons (Fsp3) is 0.480. The molecule has 0 spiro atoms. The fourth-order valence-corrected chi connectivity index (χ4v) is 6.06. The summed E-state index contributed by atoms with van der Waals surface area (Å²) in [5.74, 6) is 0.427. The van der Waals surface area contributed by atoms with Gasteiger partial charge in [-0.25, -0.2) is 0 Å². The lowest BCUT2D eigenvalue weighted by molar-refractivity contribution is -0.156. The van der Waals surface area contributed by atoms with E-state index >= 15 is 0 Å². The molecule has 1 amide bonds. The number of fused-ring (bicyclic) bond motifs is 2. The van der Waals surface area contributed by atoms with Crippen LogP contribution in [0.3, 0.4) is 0 Å². The normalized spacial score (nSPS) is 31.9. The Morgan fingerprint density at radius 3 is 2.57 bits per heavy atom. The molecule has 1 heterocycles. The third-order valence-corrected chi connectivity index (χ3v) is 7.46. The number of hydrogen-bond donors (Lipinski definition) is 1. The number of aliphatic hydroxyl groups is 1. The second-order valence-electron chi connectivity index (χ2n) is 8.82. The van der Waals surface area contributed by atoms with Crippen LogP contribution in [-0.2, 0) is 16.8 Å². The van der Waals surface area contributed by atoms with Crippen molar-refractivity contribution in [2.45, 2.75) is 62.5 Å². The minimum absolute atomic E-state index is 0.00157. The van der Waals surface area contributed by atoms with Crippen LogP contribution in [0.5, 0.6) is 0 Å². The van der Waals surface area contributed by atoms with Crippen molar-refractivity contribution in [3.05, 3.63) is 71.3 Å². The third-order valence-electron chi connectivity index (χ3n) is 7.46. The molecule has 3 aliphatic rings. The maximum Gasteiger partial charge on any atom is 0.230 e. The van der Waals surface area contributed by atoms with Gasteiger partial charge >= 0.3 is 0 Å². The lowest BCUT2D eigenvalue weighted by atomic mass is 9.66. The minimum Gasteiger partial charge on any atom is -0.385 e. The van der Waals surface area contributed by atoms with Gasteiger partial charge in [-0.2, -0.15) is 0 Å². The zero-order valence-corrected chi connectivity index (χ0v) is 16.4. The third kappa shape index (κ3) is 2.79. The molecule has 0 radical (unpaired) electrons. The van der Waals surface area contributed by atoms with Crippen molar-refractivity contribution in [1.82, 2.24) is 4.90 Å². The van der Waals surface area contributed by atoms with Gasteiger partial charge in [-0.15, -0.1) is 0 Å². The number of carbonyl (C=O) groups excluding carboxylic acids is 1. The SMILES string of the molecule is O=C(C1CCc2ccccc21)N1CCC(O)(c2ccccc2)C2CCCCC21. The van der Waals surface area contributed by atoms with Crippen LogP contribution in [0.15, 0.2) is 54.6 Å². The molecule has 2 fully saturated rings. The van der Waals surface area contributed by atoms with Crippen molar-refractivity contribution in [3.8, 4) is 0 Å². The van der Waals surface area contributed by atoms with E-state index in [-0.39, 0.29) is 23.8 Å². The van der Waals surface area contributed by atoms with Crippen LogP contribution < -0.4 is 0 Å². The molecule has 2 aromatic rings. The Bertz CT molecular complexity index is 864. The van der Waals surface area contributed by atoms with Crippen molar-refractivity contribution in [1.29, 1.82) is 0 Å². The molecular formula is C25H29NO2. The number of rotatable bonds is 2. The number of nitrogens with zero attached hydrogens (tertiary/aromatic N) is 1. The summed E-state index contributed by atoms with van der Waals surface area (Å²) >= 11 is 0. The summed E-state index contributed by atoms with van der Waals surface area (Å²) in [6.07, 6.45) is 6.87. The first-order valence-electron chi connectivity index (χ1n) is 10.8. The average Bonchev–Trinajstić information content (AvgIpc) is 3.19. The predicted octanol–water partition coefficient (Wildman–Crippen LogP) is 4.40. The lowest BCUT2D eigenvalue weighted by Gasteiger charge is -2.53. The van der Waals surface area contributed by atoms with Crippen molar-refractivity contribution < 1.29 is 9.90 Å². The molecule has 1 aliphatic heterocycles. The second kappa shape index (κ2) is 7.04. The Morgan fingerprint density at radius 2 is 1.71 bits per heavy atom. The van der Waals surface area contributed by atoms with Crippen molar-refractivity contribution in [2.75, 3.05) is 6.54 Å². The summed E-state index contributed by atoms with van der Waals surface area (Å²) in [7, 11) is 0. The molecule has 0 bridgehead atoms. The minimum atomic E-state index is -0.809. The number of amides is 1. The maximum atomic E-state index is 13.6. The number of aryl methyl sites for hydroxylation is 1. The highest BCUT2D eigenvalue weighted by Crippen LogP contribution is 2.48. The van der Waals surface area contributed by atoms with Crippen LogP contribution in [0.4, 0.5) is 0 Å². The second-order valence-corrected chi connectivity index (χ2v) is 8.82. The molecule has 4 atom stereocenters. The van der Waals surface area contributed by atoms with E-state index in [0.29, 0.717) is 13.0 Å². The standard InChI is InChI=1S/C25H29NO2/c27-24(21-15-14-18-8-4-5-11-20(18)21)26-17-16-25(28,19-9-2-1-3-10-19)22-12-6-7-13-23(22)26/h1-5,8-11,21-23,28H,6-7,12-17H2. The molecule has 1 N–H and O–H groups in total. The first kappa shape index (κ1) is 17.9. The van der Waals surface area contributed by atoms with Gasteiger partial charge in [0.05, 0.1) is 11.5 Å². The van der Waals surface area contributed by atoms with E-state index in [2.05, 4.69) is 41.3 Å². The Hall–Kier alpha value is -2.13. The molecule has 1 saturated heterocycles. The monoisotopic (exact) mass is 375 g/mol. The number of likely N-dealkylation sites (tertiary alicyclic amines) is 1. The van der Waals surface area contributed by atoms with Crippen LogP contribution in [-0.4, -0.2) is 28.5 Å². The van der Waals surface area contributed by atoms with Gasteiger partial charge in [0.1, 0.15) is 0 Å². The topological polar surface area (TPSA) is 40.5 Å². The van der Waals surface area contributed by atoms with Gasteiger partial charge in [-0.05, 0) is 48.8 Å². The number of carbonyl (C=O) groups is 1. The van der Waals surface area contributed by atoms with Crippen LogP contribution in [0.25, 0.3) is 0 Å². The van der Waals surface area contributed by atoms with E-state index in [1.807, 2.05) is 18.2 Å². The summed E-state index contributed by atoms with van der Waals surface area (Å²) in [5, 5.41) is 11.7. The molecule has 0 aromatic heterocycles. The van der Waals surface area contributed by atoms with Gasteiger partial charge < -0.3 is 10.0 Å². The van der Waals surface area contributed by atoms with Crippen LogP contribution in [0.2, 0.25) is 0 Å². The van der Waals surface area contributed by atoms with Gasteiger partial charge in [0.2, 0.25) is 5.91 Å². The van der Waals surface area contributed by atoms with Crippen molar-refractivity contribution >= 4 is 5.91 Å². The Morgan fingerprint density at radius 1 is 0.964 bits per heavy atom. The molecule has 146 valence electrons. The number of piperidine rings is 1. The number of benzene rings is 2. The Kier molecular flexibility index (Phi) is 4.51. The largest absolute Gasteiger partial charge is 0.385 e. The molecule has 2 aliphatic carbocycles. The molecule has 1 saturated carbocycles. The molecule has 3 heteroatoms. The van der Waals surface area contributed by atoms with Crippen LogP contribution >= 0.6 is 0 Å². The summed E-state index contributed by atoms with van der Waals surface area (Å²) in [6.45, 7) is 0.657. The van der Waals surface area contributed by atoms with E-state index in [1.54, 1.807) is 0 Å². The number of hydrogen-bond acceptors (Lipinski definition) is 2. The molecule has 28 heavy (non-hydrogen) atoms. The zero-order chi connectivity index (χ0) is 19.1. The van der Waals surface area contributed by atoms with Gasteiger partial charge in [0, 0.05) is 18.5 Å². The van der Waals surface area contributed by atoms with Crippen LogP contribution in [0, 0.1) is 5.92 Å². The van der Waals surface area contributed by atoms with Gasteiger partial charge in [0.25, 0.3) is 0 Å². The molecule has 2 aromatic carbocycles. The van der Waals surface area contributed by atoms with E-state index in [1.165, 1.54) is 11.1 Å². The average molecular weight is 376 g/mol. The smallest absolute Gasteiger partial charge is 0.230 e. The summed E-state index contributed by atoms with van der Waals surface area (Å²) in [6, 6.07) is 18.7. The Labute approximate surface area is 167 Å². The van der Waals surface area contributed by atoms with E-state index in [9.17, 15) is 9.90 Å². The van der Waals surface area contributed by atoms with Crippen LogP contribution in [0.1, 0.15) is 61.1 Å². The van der Waals surface area contributed by atoms with E-state index in [4.69, 9.17) is 0 Å². The summed E-state index contributed by atoms with van der Waals surface area (Å²) < 4.78 is 0. The molecular weight excluding hydrogens is 346 g/mol. The summed E-state index contributed by atoms with van der Waals surface area (Å²) in [4.78, 5) is 15.8. The first-order valence-corrected chi connectivity index (χ1v) is 10.8. The highest BCUT2D eigenvalue weighted by molar-refractivity contribution is 5.85. The fourth-order valence-electron chi connectivity index (χ4n) is 6.06. The van der Waals surface area contributed by atoms with Gasteiger partial charge in [0.15, 0.2) is 0 Å². The van der Waals surface area contributed by atoms with Crippen molar-refractivity contribution in [3.63, 3.8) is 0 Å². The highest BCUT2D eigenvalue weighted by atomic mass is 16.3. The Balaban J connectivity index is 1.44. The van der Waals surface area contributed by atoms with Gasteiger partial charge in [-0.1, -0.05) is 67.4 Å². The van der Waals surface area contributed by atoms with E-state index < -0.39 is 5.60 Å². The summed E-state index contributed by atoms with van der Waals surface area (Å²) in [5.41, 5.74) is 2.77. The quantitative estimate of drug-likeness (QED) is 0.845. The zero-order valence-electron chi connectivity index (χ0n) is 16.4. The van der Waals surface area contributed by atoms with E-state index in [0.717, 1.165) is 44.1 Å².